The maximum atomic E-state index is 12.6. The number of hydrogen-bond acceptors (Lipinski definition) is 4. The monoisotopic (exact) mass is 251 g/mol. The molecular formula is C10H12F3NO3. The number of nitrogen functional groups attached to an aromatic ring is 1. The van der Waals surface area contributed by atoms with Crippen LogP contribution in [0.1, 0.15) is 5.56 Å². The molecule has 1 rings (SSSR count). The normalized spacial score (nSPS) is 13.5. The fourth-order valence-electron chi connectivity index (χ4n) is 1.13. The van der Waals surface area contributed by atoms with Crippen LogP contribution >= 0.6 is 0 Å². The molecule has 1 aromatic carbocycles. The number of nitrogens with two attached hydrogens (primary N) is 1. The molecule has 0 aromatic heterocycles. The van der Waals surface area contributed by atoms with Gasteiger partial charge in [0.2, 0.25) is 0 Å². The highest BCUT2D eigenvalue weighted by Crippen LogP contribution is 2.37. The minimum Gasteiger partial charge on any atom is -0.490 e. The molecule has 1 unspecified atom stereocenters. The Balaban J connectivity index is 2.91. The molecule has 4 N–H and O–H groups in total. The summed E-state index contributed by atoms with van der Waals surface area (Å²) >= 11 is 0. The van der Waals surface area contributed by atoms with E-state index in [0.29, 0.717) is 0 Å². The highest BCUT2D eigenvalue weighted by atomic mass is 19.4. The standard InChI is InChI=1S/C10H12F3NO3/c11-10(12,13)8-3-6(14)1-2-9(8)17-5-7(16)4-15/h1-3,7,15-16H,4-5,14H2. The quantitative estimate of drug-likeness (QED) is 0.698. The summed E-state index contributed by atoms with van der Waals surface area (Å²) in [7, 11) is 0. The van der Waals surface area contributed by atoms with Gasteiger partial charge in [-0.05, 0) is 18.2 Å². The van der Waals surface area contributed by atoms with Crippen molar-refractivity contribution in [2.75, 3.05) is 18.9 Å². The van der Waals surface area contributed by atoms with Gasteiger partial charge < -0.3 is 20.7 Å². The molecule has 1 aromatic rings. The second-order valence-corrected chi connectivity index (χ2v) is 3.40. The predicted octanol–water partition coefficient (Wildman–Crippen LogP) is 1.02. The van der Waals surface area contributed by atoms with E-state index < -0.39 is 36.8 Å². The summed E-state index contributed by atoms with van der Waals surface area (Å²) in [5, 5.41) is 17.5. The summed E-state index contributed by atoms with van der Waals surface area (Å²) in [6, 6.07) is 3.08. The van der Waals surface area contributed by atoms with E-state index in [2.05, 4.69) is 0 Å². The largest absolute Gasteiger partial charge is 0.490 e. The van der Waals surface area contributed by atoms with E-state index in [-0.39, 0.29) is 5.69 Å². The van der Waals surface area contributed by atoms with E-state index in [4.69, 9.17) is 20.7 Å². The van der Waals surface area contributed by atoms with Gasteiger partial charge in [-0.25, -0.2) is 0 Å². The molecule has 0 bridgehead atoms. The second kappa shape index (κ2) is 5.24. The lowest BCUT2D eigenvalue weighted by Gasteiger charge is -2.15. The summed E-state index contributed by atoms with van der Waals surface area (Å²) in [6.07, 6.45) is -5.82. The molecule has 0 aliphatic heterocycles. The number of benzene rings is 1. The summed E-state index contributed by atoms with van der Waals surface area (Å²) in [5.41, 5.74) is 4.22. The summed E-state index contributed by atoms with van der Waals surface area (Å²) in [5.74, 6) is -0.431. The molecule has 0 saturated heterocycles. The molecule has 96 valence electrons. The SMILES string of the molecule is Nc1ccc(OCC(O)CO)c(C(F)(F)F)c1. The Kier molecular flexibility index (Phi) is 4.19. The number of anilines is 1. The first-order valence-electron chi connectivity index (χ1n) is 4.73. The predicted molar refractivity (Wildman–Crippen MR) is 54.4 cm³/mol. The van der Waals surface area contributed by atoms with Crippen molar-refractivity contribution in [3.8, 4) is 5.75 Å². The van der Waals surface area contributed by atoms with Gasteiger partial charge in [-0.2, -0.15) is 13.2 Å². The lowest BCUT2D eigenvalue weighted by molar-refractivity contribution is -0.139. The number of alkyl halides is 3. The molecule has 7 heteroatoms. The maximum absolute atomic E-state index is 12.6. The van der Waals surface area contributed by atoms with Crippen LogP contribution in [-0.4, -0.2) is 29.5 Å². The van der Waals surface area contributed by atoms with Crippen LogP contribution in [0.25, 0.3) is 0 Å². The fraction of sp³-hybridized carbons (Fsp3) is 0.400. The average Bonchev–Trinajstić information content (AvgIpc) is 2.25. The number of ether oxygens (including phenoxy) is 1. The second-order valence-electron chi connectivity index (χ2n) is 3.40. The minimum absolute atomic E-state index is 0.0348. The Morgan fingerprint density at radius 1 is 1.35 bits per heavy atom. The van der Waals surface area contributed by atoms with E-state index in [1.807, 2.05) is 0 Å². The van der Waals surface area contributed by atoms with Crippen LogP contribution in [0.4, 0.5) is 18.9 Å². The van der Waals surface area contributed by atoms with Crippen molar-refractivity contribution < 1.29 is 28.1 Å². The van der Waals surface area contributed by atoms with Crippen molar-refractivity contribution in [2.45, 2.75) is 12.3 Å². The third-order valence-electron chi connectivity index (χ3n) is 1.95. The van der Waals surface area contributed by atoms with Gasteiger partial charge in [-0.1, -0.05) is 0 Å². The molecular weight excluding hydrogens is 239 g/mol. The van der Waals surface area contributed by atoms with Crippen molar-refractivity contribution in [2.24, 2.45) is 0 Å². The van der Waals surface area contributed by atoms with Crippen LogP contribution in [-0.2, 0) is 6.18 Å². The Labute approximate surface area is 95.4 Å². The van der Waals surface area contributed by atoms with Crippen molar-refractivity contribution in [3.05, 3.63) is 23.8 Å². The van der Waals surface area contributed by atoms with Crippen molar-refractivity contribution in [1.29, 1.82) is 0 Å². The van der Waals surface area contributed by atoms with Crippen LogP contribution in [0, 0.1) is 0 Å². The highest BCUT2D eigenvalue weighted by molar-refractivity contribution is 5.49. The minimum atomic E-state index is -4.59. The van der Waals surface area contributed by atoms with Gasteiger partial charge >= 0.3 is 6.18 Å². The van der Waals surface area contributed by atoms with Crippen molar-refractivity contribution >= 4 is 5.69 Å². The highest BCUT2D eigenvalue weighted by Gasteiger charge is 2.34. The fourth-order valence-corrected chi connectivity index (χ4v) is 1.13. The first-order chi connectivity index (χ1) is 7.84. The Morgan fingerprint density at radius 3 is 2.53 bits per heavy atom. The number of aliphatic hydroxyl groups is 2. The van der Waals surface area contributed by atoms with Gasteiger partial charge in [0.15, 0.2) is 0 Å². The average molecular weight is 251 g/mol. The number of aliphatic hydroxyl groups excluding tert-OH is 2. The molecule has 0 fully saturated rings. The van der Waals surface area contributed by atoms with Crippen LogP contribution in [0.2, 0.25) is 0 Å². The van der Waals surface area contributed by atoms with E-state index in [1.165, 1.54) is 6.07 Å². The van der Waals surface area contributed by atoms with Crippen molar-refractivity contribution in [1.82, 2.24) is 0 Å². The third kappa shape index (κ3) is 3.79. The molecule has 0 spiro atoms. The Bertz CT molecular complexity index is 382. The van der Waals surface area contributed by atoms with Gasteiger partial charge in [-0.3, -0.25) is 0 Å². The smallest absolute Gasteiger partial charge is 0.420 e. The lowest BCUT2D eigenvalue weighted by Crippen LogP contribution is -2.22. The summed E-state index contributed by atoms with van der Waals surface area (Å²) < 4.78 is 42.5. The molecule has 0 aliphatic rings. The summed E-state index contributed by atoms with van der Waals surface area (Å²) in [6.45, 7) is -1.01. The van der Waals surface area contributed by atoms with Crippen LogP contribution in [0.15, 0.2) is 18.2 Å². The number of rotatable bonds is 4. The molecule has 0 saturated carbocycles. The first-order valence-corrected chi connectivity index (χ1v) is 4.73. The number of hydrogen-bond donors (Lipinski definition) is 3. The Morgan fingerprint density at radius 2 is 2.00 bits per heavy atom. The lowest BCUT2D eigenvalue weighted by atomic mass is 10.1. The molecule has 0 heterocycles. The van der Waals surface area contributed by atoms with Gasteiger partial charge in [0, 0.05) is 5.69 Å². The van der Waals surface area contributed by atoms with Crippen LogP contribution in [0.3, 0.4) is 0 Å². The Hall–Kier alpha value is -1.47. The molecule has 4 nitrogen and oxygen atoms in total. The molecule has 1 atom stereocenters. The maximum Gasteiger partial charge on any atom is 0.420 e. The van der Waals surface area contributed by atoms with Gasteiger partial charge in [0.1, 0.15) is 18.5 Å². The van der Waals surface area contributed by atoms with Crippen LogP contribution in [0.5, 0.6) is 5.75 Å². The van der Waals surface area contributed by atoms with E-state index in [9.17, 15) is 13.2 Å². The molecule has 0 amide bonds. The molecule has 17 heavy (non-hydrogen) atoms. The molecule has 0 aliphatic carbocycles. The zero-order chi connectivity index (χ0) is 13.1. The third-order valence-corrected chi connectivity index (χ3v) is 1.95. The van der Waals surface area contributed by atoms with Gasteiger partial charge in [0.05, 0.1) is 12.2 Å². The number of halogens is 3. The van der Waals surface area contributed by atoms with Crippen LogP contribution < -0.4 is 10.5 Å². The first kappa shape index (κ1) is 13.6. The summed E-state index contributed by atoms with van der Waals surface area (Å²) in [4.78, 5) is 0. The zero-order valence-electron chi connectivity index (χ0n) is 8.74. The van der Waals surface area contributed by atoms with Gasteiger partial charge in [-0.15, -0.1) is 0 Å². The topological polar surface area (TPSA) is 75.7 Å². The van der Waals surface area contributed by atoms with Crippen molar-refractivity contribution in [3.63, 3.8) is 0 Å². The zero-order valence-corrected chi connectivity index (χ0v) is 8.74. The van der Waals surface area contributed by atoms with E-state index in [1.54, 1.807) is 0 Å². The van der Waals surface area contributed by atoms with E-state index in [0.717, 1.165) is 12.1 Å². The van der Waals surface area contributed by atoms with Gasteiger partial charge in [0.25, 0.3) is 0 Å². The van der Waals surface area contributed by atoms with E-state index >= 15 is 0 Å². The molecule has 0 radical (unpaired) electrons.